The summed E-state index contributed by atoms with van der Waals surface area (Å²) in [6, 6.07) is 0. The van der Waals surface area contributed by atoms with Crippen molar-refractivity contribution in [1.82, 2.24) is 0 Å². The molecule has 0 amide bonds. The van der Waals surface area contributed by atoms with Crippen LogP contribution in [-0.2, 0) is 9.53 Å². The Kier molecular flexibility index (Phi) is 3.81. The number of ether oxygens (including phenoxy) is 1. The van der Waals surface area contributed by atoms with Crippen LogP contribution in [0.5, 0.6) is 0 Å². The SMILES string of the molecule is COC(=O)[C@@H]1CC[C@@H]2[C@@H]3CC[C@H]4CCCC[C@]4(C)[C@@H]3CC[C@@]21C. The fourth-order valence-electron chi connectivity index (χ4n) is 7.82. The molecule has 23 heavy (non-hydrogen) atoms. The summed E-state index contributed by atoms with van der Waals surface area (Å²) in [6.07, 6.45) is 13.7. The molecule has 2 nitrogen and oxygen atoms in total. The molecule has 4 aliphatic carbocycles. The van der Waals surface area contributed by atoms with Crippen LogP contribution in [0.2, 0.25) is 0 Å². The maximum Gasteiger partial charge on any atom is 0.309 e. The molecular formula is C21H34O2. The molecule has 0 N–H and O–H groups in total. The predicted octanol–water partition coefficient (Wildman–Crippen LogP) is 5.21. The summed E-state index contributed by atoms with van der Waals surface area (Å²) in [7, 11) is 1.57. The van der Waals surface area contributed by atoms with Crippen LogP contribution in [0, 0.1) is 40.4 Å². The minimum absolute atomic E-state index is 0.0611. The van der Waals surface area contributed by atoms with E-state index < -0.39 is 0 Å². The quantitative estimate of drug-likeness (QED) is 0.620. The van der Waals surface area contributed by atoms with Gasteiger partial charge in [0.2, 0.25) is 0 Å². The van der Waals surface area contributed by atoms with E-state index in [9.17, 15) is 4.79 Å². The summed E-state index contributed by atoms with van der Waals surface area (Å²) in [5.74, 6) is 3.78. The van der Waals surface area contributed by atoms with Gasteiger partial charge in [0.1, 0.15) is 0 Å². The van der Waals surface area contributed by atoms with Crippen LogP contribution in [0.15, 0.2) is 0 Å². The molecule has 0 aromatic heterocycles. The van der Waals surface area contributed by atoms with Crippen molar-refractivity contribution in [3.05, 3.63) is 0 Å². The Morgan fingerprint density at radius 3 is 2.43 bits per heavy atom. The van der Waals surface area contributed by atoms with Gasteiger partial charge in [-0.1, -0.05) is 26.7 Å². The summed E-state index contributed by atoms with van der Waals surface area (Å²) in [6.45, 7) is 5.04. The molecule has 4 rings (SSSR count). The first-order chi connectivity index (χ1) is 11.0. The highest BCUT2D eigenvalue weighted by Crippen LogP contribution is 2.67. The highest BCUT2D eigenvalue weighted by molar-refractivity contribution is 5.73. The number of rotatable bonds is 1. The third kappa shape index (κ3) is 2.15. The van der Waals surface area contributed by atoms with E-state index in [1.807, 2.05) is 0 Å². The Bertz CT molecular complexity index is 486. The lowest BCUT2D eigenvalue weighted by molar-refractivity contribution is -0.155. The summed E-state index contributed by atoms with van der Waals surface area (Å²) in [4.78, 5) is 12.3. The molecule has 130 valence electrons. The predicted molar refractivity (Wildman–Crippen MR) is 91.9 cm³/mol. The van der Waals surface area contributed by atoms with Crippen molar-refractivity contribution >= 4 is 5.97 Å². The second-order valence-corrected chi connectivity index (χ2v) is 9.60. The van der Waals surface area contributed by atoms with Gasteiger partial charge in [-0.05, 0) is 85.9 Å². The molecule has 0 aromatic rings. The Hall–Kier alpha value is -0.530. The maximum atomic E-state index is 12.3. The van der Waals surface area contributed by atoms with E-state index in [1.54, 1.807) is 7.11 Å². The second kappa shape index (κ2) is 5.49. The lowest BCUT2D eigenvalue weighted by atomic mass is 9.45. The summed E-state index contributed by atoms with van der Waals surface area (Å²) in [5.41, 5.74) is 0.817. The summed E-state index contributed by atoms with van der Waals surface area (Å²) < 4.78 is 5.15. The lowest BCUT2D eigenvalue weighted by Crippen LogP contribution is -2.53. The molecule has 0 unspecified atom stereocenters. The van der Waals surface area contributed by atoms with Crippen molar-refractivity contribution in [3.63, 3.8) is 0 Å². The number of esters is 1. The molecule has 2 heteroatoms. The molecule has 0 aromatic carbocycles. The standard InChI is InChI=1S/C21H34O2/c1-20-12-5-4-6-14(20)7-8-15-16-9-10-18(19(22)23-3)21(16,2)13-11-17(15)20/h14-18H,4-13H2,1-3H3/t14-,15+,16-,17-,18+,20+,21+/m1/s1. The summed E-state index contributed by atoms with van der Waals surface area (Å²) >= 11 is 0. The zero-order valence-electron chi connectivity index (χ0n) is 15.3. The summed E-state index contributed by atoms with van der Waals surface area (Å²) in [5, 5.41) is 0. The minimum Gasteiger partial charge on any atom is -0.469 e. The van der Waals surface area contributed by atoms with E-state index >= 15 is 0 Å². The van der Waals surface area contributed by atoms with Gasteiger partial charge < -0.3 is 4.74 Å². The molecular weight excluding hydrogens is 284 g/mol. The van der Waals surface area contributed by atoms with Crippen molar-refractivity contribution in [1.29, 1.82) is 0 Å². The number of fused-ring (bicyclic) bond motifs is 5. The first kappa shape index (κ1) is 16.0. The van der Waals surface area contributed by atoms with E-state index in [0.717, 1.165) is 30.1 Å². The Morgan fingerprint density at radius 2 is 1.65 bits per heavy atom. The zero-order chi connectivity index (χ0) is 16.2. The van der Waals surface area contributed by atoms with E-state index in [1.165, 1.54) is 57.8 Å². The van der Waals surface area contributed by atoms with E-state index in [-0.39, 0.29) is 17.3 Å². The minimum atomic E-state index is 0.0611. The second-order valence-electron chi connectivity index (χ2n) is 9.60. The fraction of sp³-hybridized carbons (Fsp3) is 0.952. The van der Waals surface area contributed by atoms with Gasteiger partial charge in [0, 0.05) is 0 Å². The molecule has 4 saturated carbocycles. The average Bonchev–Trinajstić information content (AvgIpc) is 2.91. The topological polar surface area (TPSA) is 26.3 Å². The number of methoxy groups -OCH3 is 1. The van der Waals surface area contributed by atoms with Gasteiger partial charge in [-0.25, -0.2) is 0 Å². The Balaban J connectivity index is 1.61. The molecule has 4 aliphatic rings. The maximum absolute atomic E-state index is 12.3. The smallest absolute Gasteiger partial charge is 0.309 e. The van der Waals surface area contributed by atoms with Crippen molar-refractivity contribution in [2.45, 2.75) is 78.1 Å². The number of hydrogen-bond donors (Lipinski definition) is 0. The van der Waals surface area contributed by atoms with Crippen molar-refractivity contribution in [2.75, 3.05) is 7.11 Å². The van der Waals surface area contributed by atoms with Crippen LogP contribution < -0.4 is 0 Å². The van der Waals surface area contributed by atoms with Crippen LogP contribution in [0.4, 0.5) is 0 Å². The molecule has 0 spiro atoms. The fourth-order valence-corrected chi connectivity index (χ4v) is 7.82. The van der Waals surface area contributed by atoms with Crippen LogP contribution in [0.1, 0.15) is 78.1 Å². The number of carbonyl (C=O) groups is 1. The van der Waals surface area contributed by atoms with Crippen molar-refractivity contribution in [3.8, 4) is 0 Å². The Morgan fingerprint density at radius 1 is 0.870 bits per heavy atom. The van der Waals surface area contributed by atoms with Crippen LogP contribution in [0.25, 0.3) is 0 Å². The van der Waals surface area contributed by atoms with Gasteiger partial charge in [-0.15, -0.1) is 0 Å². The molecule has 0 saturated heterocycles. The third-order valence-corrected chi connectivity index (χ3v) is 9.07. The van der Waals surface area contributed by atoms with Gasteiger partial charge in [0.25, 0.3) is 0 Å². The van der Waals surface area contributed by atoms with Crippen molar-refractivity contribution < 1.29 is 9.53 Å². The molecule has 0 bridgehead atoms. The van der Waals surface area contributed by atoms with Gasteiger partial charge in [0.15, 0.2) is 0 Å². The van der Waals surface area contributed by atoms with Crippen LogP contribution in [0.3, 0.4) is 0 Å². The molecule has 7 atom stereocenters. The Labute approximate surface area is 141 Å². The van der Waals surface area contributed by atoms with E-state index in [2.05, 4.69) is 13.8 Å². The monoisotopic (exact) mass is 318 g/mol. The van der Waals surface area contributed by atoms with Gasteiger partial charge in [-0.3, -0.25) is 4.79 Å². The normalized spacial score (nSPS) is 52.2. The molecule has 0 aliphatic heterocycles. The molecule has 4 fully saturated rings. The number of carbonyl (C=O) groups excluding carboxylic acids is 1. The highest BCUT2D eigenvalue weighted by atomic mass is 16.5. The van der Waals surface area contributed by atoms with Crippen molar-refractivity contribution in [2.24, 2.45) is 40.4 Å². The van der Waals surface area contributed by atoms with Crippen LogP contribution in [-0.4, -0.2) is 13.1 Å². The van der Waals surface area contributed by atoms with Gasteiger partial charge >= 0.3 is 5.97 Å². The first-order valence-electron chi connectivity index (χ1n) is 10.1. The largest absolute Gasteiger partial charge is 0.469 e. The van der Waals surface area contributed by atoms with E-state index in [4.69, 9.17) is 4.74 Å². The average molecular weight is 319 g/mol. The molecule has 0 heterocycles. The molecule has 0 radical (unpaired) electrons. The van der Waals surface area contributed by atoms with Crippen LogP contribution >= 0.6 is 0 Å². The highest BCUT2D eigenvalue weighted by Gasteiger charge is 2.61. The van der Waals surface area contributed by atoms with Gasteiger partial charge in [0.05, 0.1) is 13.0 Å². The van der Waals surface area contributed by atoms with Gasteiger partial charge in [-0.2, -0.15) is 0 Å². The lowest BCUT2D eigenvalue weighted by Gasteiger charge is -2.60. The first-order valence-corrected chi connectivity index (χ1v) is 10.1. The zero-order valence-corrected chi connectivity index (χ0v) is 15.3. The van der Waals surface area contributed by atoms with E-state index in [0.29, 0.717) is 5.41 Å². The number of hydrogen-bond acceptors (Lipinski definition) is 2. The third-order valence-electron chi connectivity index (χ3n) is 9.07.